The predicted octanol–water partition coefficient (Wildman–Crippen LogP) is 2.11. The van der Waals surface area contributed by atoms with Crippen molar-refractivity contribution in [3.63, 3.8) is 0 Å². The third kappa shape index (κ3) is 5.06. The Balaban J connectivity index is 1.80. The second kappa shape index (κ2) is 8.47. The third-order valence-corrected chi connectivity index (χ3v) is 4.28. The molecule has 21 heavy (non-hydrogen) atoms. The number of hydrogen-bond acceptors (Lipinski definition) is 4. The lowest BCUT2D eigenvalue weighted by molar-refractivity contribution is 0.0826. The van der Waals surface area contributed by atoms with E-state index in [1.807, 2.05) is 6.20 Å². The molecule has 1 aromatic heterocycles. The van der Waals surface area contributed by atoms with Crippen LogP contribution in [-0.2, 0) is 13.1 Å². The molecule has 1 saturated heterocycles. The van der Waals surface area contributed by atoms with Crippen molar-refractivity contribution in [1.29, 1.82) is 0 Å². The molecule has 1 aliphatic rings. The minimum absolute atomic E-state index is 0.654. The van der Waals surface area contributed by atoms with E-state index in [0.29, 0.717) is 6.04 Å². The number of hydrogen-bond donors (Lipinski definition) is 1. The number of nitrogens with one attached hydrogen (secondary N) is 1. The quantitative estimate of drug-likeness (QED) is 0.779. The highest BCUT2D eigenvalue weighted by Crippen LogP contribution is 2.12. The molecule has 1 aliphatic heterocycles. The second-order valence-corrected chi connectivity index (χ2v) is 6.05. The Kier molecular flexibility index (Phi) is 6.61. The molecule has 0 saturated carbocycles. The standard InChI is InChI=1S/C17H30N4/c1-4-8-18-11-16-6-7-17(19-12-16)14-20-9-10-21(5-2)15(3)13-20/h6-7,12,15,18H,4-5,8-11,13-14H2,1-3H3. The predicted molar refractivity (Wildman–Crippen MR) is 88.2 cm³/mol. The minimum atomic E-state index is 0.654. The van der Waals surface area contributed by atoms with Gasteiger partial charge in [0, 0.05) is 45.0 Å². The molecule has 4 heteroatoms. The molecule has 2 heterocycles. The molecule has 0 aliphatic carbocycles. The molecule has 0 radical (unpaired) electrons. The summed E-state index contributed by atoms with van der Waals surface area (Å²) in [6.45, 7) is 14.4. The van der Waals surface area contributed by atoms with Crippen LogP contribution >= 0.6 is 0 Å². The first kappa shape index (κ1) is 16.4. The highest BCUT2D eigenvalue weighted by atomic mass is 15.3. The van der Waals surface area contributed by atoms with Crippen molar-refractivity contribution in [3.8, 4) is 0 Å². The van der Waals surface area contributed by atoms with Crippen LogP contribution in [0, 0.1) is 0 Å². The molecule has 2 rings (SSSR count). The van der Waals surface area contributed by atoms with E-state index < -0.39 is 0 Å². The fourth-order valence-corrected chi connectivity index (χ4v) is 2.98. The van der Waals surface area contributed by atoms with E-state index in [-0.39, 0.29) is 0 Å². The molecule has 0 spiro atoms. The Morgan fingerprint density at radius 3 is 2.76 bits per heavy atom. The lowest BCUT2D eigenvalue weighted by atomic mass is 10.1. The number of piperazine rings is 1. The second-order valence-electron chi connectivity index (χ2n) is 6.05. The summed E-state index contributed by atoms with van der Waals surface area (Å²) < 4.78 is 0. The van der Waals surface area contributed by atoms with E-state index in [0.717, 1.165) is 39.3 Å². The van der Waals surface area contributed by atoms with Crippen molar-refractivity contribution in [2.75, 3.05) is 32.7 Å². The van der Waals surface area contributed by atoms with Gasteiger partial charge >= 0.3 is 0 Å². The number of rotatable bonds is 7. The molecule has 118 valence electrons. The van der Waals surface area contributed by atoms with E-state index in [4.69, 9.17) is 0 Å². The Labute approximate surface area is 129 Å². The van der Waals surface area contributed by atoms with Crippen LogP contribution in [0.3, 0.4) is 0 Å². The maximum absolute atomic E-state index is 4.62. The van der Waals surface area contributed by atoms with Gasteiger partial charge in [0.1, 0.15) is 0 Å². The van der Waals surface area contributed by atoms with Gasteiger partial charge in [-0.05, 0) is 38.1 Å². The highest BCUT2D eigenvalue weighted by Gasteiger charge is 2.22. The molecule has 0 amide bonds. The molecule has 1 aromatic rings. The lowest BCUT2D eigenvalue weighted by Crippen LogP contribution is -2.51. The van der Waals surface area contributed by atoms with Gasteiger partial charge in [-0.25, -0.2) is 0 Å². The summed E-state index contributed by atoms with van der Waals surface area (Å²) in [5.74, 6) is 0. The number of aromatic nitrogens is 1. The van der Waals surface area contributed by atoms with E-state index in [1.54, 1.807) is 0 Å². The fraction of sp³-hybridized carbons (Fsp3) is 0.706. The molecule has 4 nitrogen and oxygen atoms in total. The van der Waals surface area contributed by atoms with Crippen LogP contribution in [0.2, 0.25) is 0 Å². The molecule has 0 aromatic carbocycles. The van der Waals surface area contributed by atoms with Crippen LogP contribution in [0.15, 0.2) is 18.3 Å². The zero-order chi connectivity index (χ0) is 15.1. The van der Waals surface area contributed by atoms with Crippen LogP contribution < -0.4 is 5.32 Å². The maximum atomic E-state index is 4.62. The smallest absolute Gasteiger partial charge is 0.0544 e. The molecule has 1 fully saturated rings. The van der Waals surface area contributed by atoms with Crippen molar-refractivity contribution >= 4 is 0 Å². The maximum Gasteiger partial charge on any atom is 0.0544 e. The van der Waals surface area contributed by atoms with Gasteiger partial charge in [0.2, 0.25) is 0 Å². The summed E-state index contributed by atoms with van der Waals surface area (Å²) >= 11 is 0. The third-order valence-electron chi connectivity index (χ3n) is 4.28. The van der Waals surface area contributed by atoms with Gasteiger partial charge in [-0.15, -0.1) is 0 Å². The van der Waals surface area contributed by atoms with Crippen molar-refractivity contribution in [3.05, 3.63) is 29.6 Å². The van der Waals surface area contributed by atoms with Gasteiger partial charge in [0.25, 0.3) is 0 Å². The lowest BCUT2D eigenvalue weighted by Gasteiger charge is -2.39. The summed E-state index contributed by atoms with van der Waals surface area (Å²) in [7, 11) is 0. The largest absolute Gasteiger partial charge is 0.313 e. The Morgan fingerprint density at radius 1 is 1.29 bits per heavy atom. The fourth-order valence-electron chi connectivity index (χ4n) is 2.98. The molecule has 1 atom stereocenters. The SMILES string of the molecule is CCCNCc1ccc(CN2CCN(CC)C(C)C2)nc1. The summed E-state index contributed by atoms with van der Waals surface area (Å²) in [5.41, 5.74) is 2.46. The Hall–Kier alpha value is -0.970. The number of pyridine rings is 1. The van der Waals surface area contributed by atoms with Gasteiger partial charge in [-0.2, -0.15) is 0 Å². The average molecular weight is 290 g/mol. The Bertz CT molecular complexity index is 404. The monoisotopic (exact) mass is 290 g/mol. The van der Waals surface area contributed by atoms with E-state index in [9.17, 15) is 0 Å². The van der Waals surface area contributed by atoms with Crippen LogP contribution in [0.5, 0.6) is 0 Å². The van der Waals surface area contributed by atoms with E-state index in [1.165, 1.54) is 24.2 Å². The summed E-state index contributed by atoms with van der Waals surface area (Å²) in [5, 5.41) is 3.41. The number of nitrogens with zero attached hydrogens (tertiary/aromatic N) is 3. The Morgan fingerprint density at radius 2 is 2.14 bits per heavy atom. The van der Waals surface area contributed by atoms with Gasteiger partial charge < -0.3 is 5.32 Å². The van der Waals surface area contributed by atoms with Gasteiger partial charge in [0.15, 0.2) is 0 Å². The van der Waals surface area contributed by atoms with Gasteiger partial charge in [0.05, 0.1) is 5.69 Å². The zero-order valence-electron chi connectivity index (χ0n) is 13.8. The van der Waals surface area contributed by atoms with Crippen molar-refractivity contribution in [2.45, 2.75) is 46.3 Å². The highest BCUT2D eigenvalue weighted by molar-refractivity contribution is 5.14. The van der Waals surface area contributed by atoms with Crippen LogP contribution in [-0.4, -0.2) is 53.5 Å². The first-order chi connectivity index (χ1) is 10.2. The number of likely N-dealkylation sites (N-methyl/N-ethyl adjacent to an activating group) is 1. The van der Waals surface area contributed by atoms with Crippen molar-refractivity contribution < 1.29 is 0 Å². The minimum Gasteiger partial charge on any atom is -0.313 e. The molecular formula is C17H30N4. The first-order valence-electron chi connectivity index (χ1n) is 8.33. The van der Waals surface area contributed by atoms with Crippen LogP contribution in [0.1, 0.15) is 38.4 Å². The summed E-state index contributed by atoms with van der Waals surface area (Å²) in [6.07, 6.45) is 3.19. The van der Waals surface area contributed by atoms with Crippen molar-refractivity contribution in [1.82, 2.24) is 20.1 Å². The normalized spacial score (nSPS) is 20.8. The van der Waals surface area contributed by atoms with Crippen molar-refractivity contribution in [2.24, 2.45) is 0 Å². The summed E-state index contributed by atoms with van der Waals surface area (Å²) in [6, 6.07) is 5.04. The van der Waals surface area contributed by atoms with Gasteiger partial charge in [-0.1, -0.05) is 19.9 Å². The topological polar surface area (TPSA) is 31.4 Å². The summed E-state index contributed by atoms with van der Waals surface area (Å²) in [4.78, 5) is 9.69. The first-order valence-corrected chi connectivity index (χ1v) is 8.33. The average Bonchev–Trinajstić information content (AvgIpc) is 2.49. The van der Waals surface area contributed by atoms with E-state index >= 15 is 0 Å². The molecule has 1 N–H and O–H groups in total. The van der Waals surface area contributed by atoms with E-state index in [2.05, 4.69) is 53.0 Å². The molecule has 1 unspecified atom stereocenters. The zero-order valence-corrected chi connectivity index (χ0v) is 13.8. The van der Waals surface area contributed by atoms with Crippen LogP contribution in [0.4, 0.5) is 0 Å². The molecular weight excluding hydrogens is 260 g/mol. The van der Waals surface area contributed by atoms with Gasteiger partial charge in [-0.3, -0.25) is 14.8 Å². The molecule has 0 bridgehead atoms. The van der Waals surface area contributed by atoms with Crippen LogP contribution in [0.25, 0.3) is 0 Å².